The third kappa shape index (κ3) is 5.95. The summed E-state index contributed by atoms with van der Waals surface area (Å²) in [6.45, 7) is 6.93. The first-order chi connectivity index (χ1) is 13.8. The fraction of sp³-hybridized carbons (Fsp3) is 0.429. The molecule has 0 spiro atoms. The molecule has 0 N–H and O–H groups in total. The monoisotopic (exact) mass is 444 g/mol. The molecular weight excluding hydrogens is 421 g/mol. The molecule has 3 rings (SSSR count). The summed E-state index contributed by atoms with van der Waals surface area (Å²) < 4.78 is 39.3. The number of likely N-dealkylation sites (N-methyl/N-ethyl adjacent to an activating group) is 1. The molecule has 0 saturated carbocycles. The summed E-state index contributed by atoms with van der Waals surface area (Å²) in [7, 11) is 2.10. The number of benzene rings is 2. The van der Waals surface area contributed by atoms with Gasteiger partial charge >= 0.3 is 0 Å². The minimum absolute atomic E-state index is 0.106. The number of ether oxygens (including phenoxy) is 2. The Morgan fingerprint density at radius 1 is 1.03 bits per heavy atom. The smallest absolute Gasteiger partial charge is 0.142 e. The van der Waals surface area contributed by atoms with E-state index in [0.29, 0.717) is 17.9 Å². The molecule has 1 unspecified atom stereocenters. The second kappa shape index (κ2) is 9.94. The van der Waals surface area contributed by atoms with Crippen LogP contribution in [0.1, 0.15) is 18.6 Å². The lowest BCUT2D eigenvalue weighted by Crippen LogP contribution is -2.45. The maximum Gasteiger partial charge on any atom is 0.142 e. The van der Waals surface area contributed by atoms with Gasteiger partial charge in [-0.1, -0.05) is 23.2 Å². The Morgan fingerprint density at radius 2 is 1.72 bits per heavy atom. The van der Waals surface area contributed by atoms with Crippen molar-refractivity contribution in [1.29, 1.82) is 0 Å². The largest absolute Gasteiger partial charge is 0.492 e. The van der Waals surface area contributed by atoms with Gasteiger partial charge in [0, 0.05) is 61.5 Å². The Kier molecular flexibility index (Phi) is 7.57. The molecule has 8 heteroatoms. The van der Waals surface area contributed by atoms with Crippen LogP contribution in [0.25, 0.3) is 0 Å². The zero-order valence-corrected chi connectivity index (χ0v) is 17.9. The summed E-state index contributed by atoms with van der Waals surface area (Å²) in [5.74, 6) is -0.448. The first-order valence-corrected chi connectivity index (χ1v) is 10.2. The van der Waals surface area contributed by atoms with E-state index in [1.54, 1.807) is 13.0 Å². The first kappa shape index (κ1) is 22.1. The number of piperazine rings is 1. The van der Waals surface area contributed by atoms with Crippen molar-refractivity contribution in [2.75, 3.05) is 46.4 Å². The van der Waals surface area contributed by atoms with Gasteiger partial charge in [0.2, 0.25) is 0 Å². The second-order valence-corrected chi connectivity index (χ2v) is 7.92. The maximum atomic E-state index is 14.0. The van der Waals surface area contributed by atoms with Crippen LogP contribution in [-0.4, -0.2) is 56.2 Å². The van der Waals surface area contributed by atoms with Gasteiger partial charge < -0.3 is 14.4 Å². The van der Waals surface area contributed by atoms with Crippen molar-refractivity contribution >= 4 is 23.2 Å². The zero-order chi connectivity index (χ0) is 21.0. The molecule has 0 aromatic heterocycles. The molecule has 1 saturated heterocycles. The van der Waals surface area contributed by atoms with Gasteiger partial charge in [0.05, 0.1) is 5.02 Å². The average Bonchev–Trinajstić information content (AvgIpc) is 2.66. The van der Waals surface area contributed by atoms with E-state index in [0.717, 1.165) is 32.7 Å². The predicted molar refractivity (Wildman–Crippen MR) is 111 cm³/mol. The third-order valence-corrected chi connectivity index (χ3v) is 5.63. The van der Waals surface area contributed by atoms with Crippen molar-refractivity contribution in [2.45, 2.75) is 13.0 Å². The van der Waals surface area contributed by atoms with Crippen LogP contribution < -0.4 is 9.47 Å². The van der Waals surface area contributed by atoms with Crippen LogP contribution in [0, 0.1) is 11.6 Å². The summed E-state index contributed by atoms with van der Waals surface area (Å²) in [5, 5.41) is 0.175. The summed E-state index contributed by atoms with van der Waals surface area (Å²) in [5.41, 5.74) is 0.315. The number of hydrogen-bond donors (Lipinski definition) is 0. The maximum absolute atomic E-state index is 14.0. The third-order valence-electron chi connectivity index (χ3n) is 4.92. The number of halogens is 4. The summed E-state index contributed by atoms with van der Waals surface area (Å²) in [6, 6.07) is 6.76. The van der Waals surface area contributed by atoms with Crippen LogP contribution in [-0.2, 0) is 0 Å². The molecule has 0 radical (unpaired) electrons. The highest BCUT2D eigenvalue weighted by Crippen LogP contribution is 2.35. The Labute approximate surface area is 179 Å². The number of hydrogen-bond acceptors (Lipinski definition) is 4. The fourth-order valence-corrected chi connectivity index (χ4v) is 3.91. The summed E-state index contributed by atoms with van der Waals surface area (Å²) in [6.07, 6.45) is -0.675. The van der Waals surface area contributed by atoms with Crippen molar-refractivity contribution in [2.24, 2.45) is 0 Å². The molecule has 0 aliphatic carbocycles. The van der Waals surface area contributed by atoms with Crippen molar-refractivity contribution < 1.29 is 18.3 Å². The minimum Gasteiger partial charge on any atom is -0.492 e. The summed E-state index contributed by atoms with van der Waals surface area (Å²) >= 11 is 12.2. The molecule has 158 valence electrons. The normalized spacial score (nSPS) is 16.6. The van der Waals surface area contributed by atoms with E-state index < -0.39 is 17.7 Å². The molecule has 1 aliphatic rings. The lowest BCUT2D eigenvalue weighted by molar-refractivity contribution is 0.133. The molecule has 0 amide bonds. The van der Waals surface area contributed by atoms with Crippen LogP contribution >= 0.6 is 23.2 Å². The van der Waals surface area contributed by atoms with Crippen molar-refractivity contribution in [3.8, 4) is 11.5 Å². The lowest BCUT2D eigenvalue weighted by atomic mass is 10.1. The van der Waals surface area contributed by atoms with Gasteiger partial charge in [0.25, 0.3) is 0 Å². The first-order valence-electron chi connectivity index (χ1n) is 9.48. The average molecular weight is 445 g/mol. The number of rotatable bonds is 7. The van der Waals surface area contributed by atoms with Gasteiger partial charge in [-0.05, 0) is 26.1 Å². The Morgan fingerprint density at radius 3 is 2.45 bits per heavy atom. The van der Waals surface area contributed by atoms with E-state index >= 15 is 0 Å². The zero-order valence-electron chi connectivity index (χ0n) is 16.4. The number of nitrogens with zero attached hydrogens (tertiary/aromatic N) is 2. The van der Waals surface area contributed by atoms with Crippen LogP contribution in [0.3, 0.4) is 0 Å². The van der Waals surface area contributed by atoms with E-state index in [2.05, 4.69) is 16.8 Å². The van der Waals surface area contributed by atoms with Crippen molar-refractivity contribution in [3.05, 3.63) is 57.6 Å². The molecule has 2 aromatic carbocycles. The molecule has 1 aliphatic heterocycles. The van der Waals surface area contributed by atoms with Crippen molar-refractivity contribution in [1.82, 2.24) is 9.80 Å². The van der Waals surface area contributed by atoms with Gasteiger partial charge in [-0.3, -0.25) is 4.90 Å². The molecule has 2 aromatic rings. The minimum atomic E-state index is -0.675. The van der Waals surface area contributed by atoms with Gasteiger partial charge in [0.15, 0.2) is 0 Å². The SMILES string of the molecule is CC(Oc1cc(F)cc(OCCN2CCN(C)CC2)c1)c1c(Cl)ccc(F)c1Cl. The highest BCUT2D eigenvalue weighted by molar-refractivity contribution is 6.36. The van der Waals surface area contributed by atoms with Crippen LogP contribution in [0.15, 0.2) is 30.3 Å². The molecule has 1 fully saturated rings. The second-order valence-electron chi connectivity index (χ2n) is 7.13. The van der Waals surface area contributed by atoms with Crippen molar-refractivity contribution in [3.63, 3.8) is 0 Å². The molecule has 1 heterocycles. The van der Waals surface area contributed by atoms with E-state index in [1.165, 1.54) is 24.3 Å². The quantitative estimate of drug-likeness (QED) is 0.558. The lowest BCUT2D eigenvalue weighted by Gasteiger charge is -2.32. The topological polar surface area (TPSA) is 24.9 Å². The molecule has 0 bridgehead atoms. The van der Waals surface area contributed by atoms with E-state index in [4.69, 9.17) is 32.7 Å². The Balaban J connectivity index is 1.62. The fourth-order valence-electron chi connectivity index (χ4n) is 3.23. The molecule has 4 nitrogen and oxygen atoms in total. The van der Waals surface area contributed by atoms with E-state index in [1.807, 2.05) is 0 Å². The van der Waals surface area contributed by atoms with E-state index in [9.17, 15) is 8.78 Å². The van der Waals surface area contributed by atoms with Crippen LogP contribution in [0.5, 0.6) is 11.5 Å². The Bertz CT molecular complexity index is 846. The Hall–Kier alpha value is -1.60. The van der Waals surface area contributed by atoms with E-state index in [-0.39, 0.29) is 15.8 Å². The molecule has 29 heavy (non-hydrogen) atoms. The van der Waals surface area contributed by atoms with Gasteiger partial charge in [-0.15, -0.1) is 0 Å². The standard InChI is InChI=1S/C21H24Cl2F2N2O2/c1-14(20-18(22)3-4-19(25)21(20)23)29-17-12-15(24)11-16(13-17)28-10-9-27-7-5-26(2)6-8-27/h3-4,11-14H,5-10H2,1-2H3. The van der Waals surface area contributed by atoms with Gasteiger partial charge in [-0.25, -0.2) is 8.78 Å². The molecular formula is C21H24Cl2F2N2O2. The molecule has 1 atom stereocenters. The van der Waals surface area contributed by atoms with Gasteiger partial charge in [-0.2, -0.15) is 0 Å². The highest BCUT2D eigenvalue weighted by Gasteiger charge is 2.19. The summed E-state index contributed by atoms with van der Waals surface area (Å²) in [4.78, 5) is 4.60. The van der Waals surface area contributed by atoms with Gasteiger partial charge in [0.1, 0.15) is 35.8 Å². The predicted octanol–water partition coefficient (Wildman–Crippen LogP) is 5.04. The van der Waals surface area contributed by atoms with Crippen LogP contribution in [0.2, 0.25) is 10.0 Å². The van der Waals surface area contributed by atoms with Crippen LogP contribution in [0.4, 0.5) is 8.78 Å². The highest BCUT2D eigenvalue weighted by atomic mass is 35.5.